The van der Waals surface area contributed by atoms with Gasteiger partial charge < -0.3 is 19.8 Å². The van der Waals surface area contributed by atoms with E-state index in [2.05, 4.69) is 10.6 Å². The van der Waals surface area contributed by atoms with Gasteiger partial charge in [0.1, 0.15) is 17.1 Å². The molecule has 2 rings (SSSR count). The number of alkyl carbamates (subject to hydrolysis) is 1. The largest absolute Gasteiger partial charge is 0.465 e. The molecule has 1 aliphatic carbocycles. The first-order valence-corrected chi connectivity index (χ1v) is 7.60. The third kappa shape index (κ3) is 5.42. The van der Waals surface area contributed by atoms with Gasteiger partial charge in [-0.15, -0.1) is 0 Å². The number of carbonyl (C=O) groups is 1. The van der Waals surface area contributed by atoms with Gasteiger partial charge >= 0.3 is 6.09 Å². The van der Waals surface area contributed by atoms with Gasteiger partial charge in [-0.25, -0.2) is 4.79 Å². The molecule has 1 aromatic rings. The number of rotatable bonds is 4. The van der Waals surface area contributed by atoms with Crippen LogP contribution in [0.15, 0.2) is 16.5 Å². The van der Waals surface area contributed by atoms with Crippen LogP contribution in [0.25, 0.3) is 0 Å². The Hall–Kier alpha value is -1.49. The van der Waals surface area contributed by atoms with Crippen LogP contribution in [-0.2, 0) is 11.3 Å². The van der Waals surface area contributed by atoms with E-state index >= 15 is 0 Å². The molecule has 2 atom stereocenters. The summed E-state index contributed by atoms with van der Waals surface area (Å²) in [5.74, 6) is 1.89. The molecule has 118 valence electrons. The van der Waals surface area contributed by atoms with Crippen molar-refractivity contribution < 1.29 is 13.9 Å². The van der Waals surface area contributed by atoms with Crippen molar-refractivity contribution in [3.63, 3.8) is 0 Å². The Morgan fingerprint density at radius 3 is 2.67 bits per heavy atom. The van der Waals surface area contributed by atoms with Crippen molar-refractivity contribution in [3.8, 4) is 0 Å². The molecule has 1 aromatic heterocycles. The molecule has 21 heavy (non-hydrogen) atoms. The monoisotopic (exact) mass is 294 g/mol. The Labute approximate surface area is 126 Å². The SMILES string of the molecule is Cc1ccc(CNC2CCC(NC(=O)OC(C)(C)C)C2)o1. The van der Waals surface area contributed by atoms with Crippen LogP contribution in [0.4, 0.5) is 4.79 Å². The Balaban J connectivity index is 1.70. The highest BCUT2D eigenvalue weighted by Crippen LogP contribution is 2.20. The van der Waals surface area contributed by atoms with Crippen molar-refractivity contribution in [1.82, 2.24) is 10.6 Å². The standard InChI is InChI=1S/C16H26N2O3/c1-11-5-8-14(20-11)10-17-12-6-7-13(9-12)18-15(19)21-16(2,3)4/h5,8,12-13,17H,6-7,9-10H2,1-4H3,(H,18,19). The Morgan fingerprint density at radius 2 is 2.05 bits per heavy atom. The van der Waals surface area contributed by atoms with Crippen LogP contribution in [0, 0.1) is 6.92 Å². The summed E-state index contributed by atoms with van der Waals surface area (Å²) >= 11 is 0. The molecule has 1 amide bonds. The maximum atomic E-state index is 11.7. The summed E-state index contributed by atoms with van der Waals surface area (Å²) in [6, 6.07) is 4.57. The zero-order chi connectivity index (χ0) is 15.5. The maximum Gasteiger partial charge on any atom is 0.407 e. The van der Waals surface area contributed by atoms with E-state index < -0.39 is 5.60 Å². The number of ether oxygens (including phenoxy) is 1. The third-order valence-electron chi connectivity index (χ3n) is 3.51. The average molecular weight is 294 g/mol. The number of nitrogens with one attached hydrogen (secondary N) is 2. The lowest BCUT2D eigenvalue weighted by Gasteiger charge is -2.21. The first-order chi connectivity index (χ1) is 9.82. The highest BCUT2D eigenvalue weighted by Gasteiger charge is 2.27. The molecule has 1 heterocycles. The van der Waals surface area contributed by atoms with Gasteiger partial charge in [0, 0.05) is 12.1 Å². The molecule has 0 radical (unpaired) electrons. The fraction of sp³-hybridized carbons (Fsp3) is 0.688. The third-order valence-corrected chi connectivity index (χ3v) is 3.51. The van der Waals surface area contributed by atoms with Gasteiger partial charge in [0.15, 0.2) is 0 Å². The molecule has 0 spiro atoms. The predicted molar refractivity (Wildman–Crippen MR) is 81.1 cm³/mol. The minimum Gasteiger partial charge on any atom is -0.465 e. The average Bonchev–Trinajstić information content (AvgIpc) is 2.93. The number of furan rings is 1. The fourth-order valence-corrected chi connectivity index (χ4v) is 2.60. The highest BCUT2D eigenvalue weighted by molar-refractivity contribution is 5.68. The molecule has 1 saturated carbocycles. The second-order valence-electron chi connectivity index (χ2n) is 6.75. The fourth-order valence-electron chi connectivity index (χ4n) is 2.60. The summed E-state index contributed by atoms with van der Waals surface area (Å²) in [7, 11) is 0. The van der Waals surface area contributed by atoms with E-state index in [1.54, 1.807) is 0 Å². The van der Waals surface area contributed by atoms with E-state index in [0.29, 0.717) is 6.04 Å². The lowest BCUT2D eigenvalue weighted by Crippen LogP contribution is -2.38. The molecule has 1 aliphatic rings. The van der Waals surface area contributed by atoms with E-state index in [1.165, 1.54) is 0 Å². The maximum absolute atomic E-state index is 11.7. The summed E-state index contributed by atoms with van der Waals surface area (Å²) in [6.07, 6.45) is 2.64. The van der Waals surface area contributed by atoms with Gasteiger partial charge in [-0.3, -0.25) is 0 Å². The first-order valence-electron chi connectivity index (χ1n) is 7.60. The van der Waals surface area contributed by atoms with Crippen molar-refractivity contribution in [2.75, 3.05) is 0 Å². The number of aryl methyl sites for hydroxylation is 1. The van der Waals surface area contributed by atoms with Crippen LogP contribution in [0.1, 0.15) is 51.6 Å². The summed E-state index contributed by atoms with van der Waals surface area (Å²) < 4.78 is 10.8. The van der Waals surface area contributed by atoms with E-state index in [1.807, 2.05) is 39.8 Å². The Bertz CT molecular complexity index is 476. The molecular formula is C16H26N2O3. The highest BCUT2D eigenvalue weighted by atomic mass is 16.6. The second kappa shape index (κ2) is 6.52. The molecule has 0 saturated heterocycles. The van der Waals surface area contributed by atoms with Gasteiger partial charge in [0.25, 0.3) is 0 Å². The van der Waals surface area contributed by atoms with Crippen LogP contribution >= 0.6 is 0 Å². The van der Waals surface area contributed by atoms with Crippen LogP contribution in [0.3, 0.4) is 0 Å². The quantitative estimate of drug-likeness (QED) is 0.895. The van der Waals surface area contributed by atoms with Crippen molar-refractivity contribution in [3.05, 3.63) is 23.7 Å². The molecule has 1 fully saturated rings. The lowest BCUT2D eigenvalue weighted by molar-refractivity contribution is 0.0505. The van der Waals surface area contributed by atoms with Crippen LogP contribution in [-0.4, -0.2) is 23.8 Å². The second-order valence-corrected chi connectivity index (χ2v) is 6.75. The van der Waals surface area contributed by atoms with E-state index in [-0.39, 0.29) is 12.1 Å². The van der Waals surface area contributed by atoms with Crippen molar-refractivity contribution >= 4 is 6.09 Å². The number of amides is 1. The normalized spacial score (nSPS) is 22.3. The smallest absolute Gasteiger partial charge is 0.407 e. The van der Waals surface area contributed by atoms with Gasteiger partial charge in [0.05, 0.1) is 6.54 Å². The van der Waals surface area contributed by atoms with Crippen molar-refractivity contribution in [2.45, 2.75) is 71.2 Å². The van der Waals surface area contributed by atoms with Gasteiger partial charge in [0.2, 0.25) is 0 Å². The van der Waals surface area contributed by atoms with Crippen LogP contribution in [0.2, 0.25) is 0 Å². The summed E-state index contributed by atoms with van der Waals surface area (Å²) in [5.41, 5.74) is -0.447. The van der Waals surface area contributed by atoms with E-state index in [4.69, 9.17) is 9.15 Å². The Kier molecular flexibility index (Phi) is 4.93. The van der Waals surface area contributed by atoms with E-state index in [9.17, 15) is 4.79 Å². The van der Waals surface area contributed by atoms with Crippen LogP contribution < -0.4 is 10.6 Å². The van der Waals surface area contributed by atoms with Crippen molar-refractivity contribution in [1.29, 1.82) is 0 Å². The molecule has 0 aromatic carbocycles. The molecule has 0 aliphatic heterocycles. The van der Waals surface area contributed by atoms with Gasteiger partial charge in [-0.05, 0) is 59.1 Å². The number of hydrogen-bond acceptors (Lipinski definition) is 4. The van der Waals surface area contributed by atoms with Gasteiger partial charge in [-0.2, -0.15) is 0 Å². The molecule has 5 heteroatoms. The summed E-state index contributed by atoms with van der Waals surface area (Å²) in [4.78, 5) is 11.7. The van der Waals surface area contributed by atoms with Crippen LogP contribution in [0.5, 0.6) is 0 Å². The minimum atomic E-state index is -0.447. The molecule has 2 N–H and O–H groups in total. The molecular weight excluding hydrogens is 268 g/mol. The van der Waals surface area contributed by atoms with Gasteiger partial charge in [-0.1, -0.05) is 0 Å². The lowest BCUT2D eigenvalue weighted by atomic mass is 10.2. The topological polar surface area (TPSA) is 63.5 Å². The zero-order valence-electron chi connectivity index (χ0n) is 13.4. The number of hydrogen-bond donors (Lipinski definition) is 2. The molecule has 0 bridgehead atoms. The Morgan fingerprint density at radius 1 is 1.33 bits per heavy atom. The summed E-state index contributed by atoms with van der Waals surface area (Å²) in [6.45, 7) is 8.29. The van der Waals surface area contributed by atoms with Crippen molar-refractivity contribution in [2.24, 2.45) is 0 Å². The predicted octanol–water partition coefficient (Wildman–Crippen LogP) is 3.12. The number of carbonyl (C=O) groups excluding carboxylic acids is 1. The molecule has 5 nitrogen and oxygen atoms in total. The summed E-state index contributed by atoms with van der Waals surface area (Å²) in [5, 5.41) is 6.42. The minimum absolute atomic E-state index is 0.190. The first kappa shape index (κ1) is 15.9. The zero-order valence-corrected chi connectivity index (χ0v) is 13.4. The van der Waals surface area contributed by atoms with E-state index in [0.717, 1.165) is 37.3 Å². The molecule has 2 unspecified atom stereocenters.